The third-order valence-electron chi connectivity index (χ3n) is 5.38. The van der Waals surface area contributed by atoms with Crippen LogP contribution in [0, 0.1) is 18.6 Å². The zero-order valence-corrected chi connectivity index (χ0v) is 22.1. The number of sulfonamides is 1. The van der Waals surface area contributed by atoms with Crippen LogP contribution in [-0.2, 0) is 22.7 Å². The van der Waals surface area contributed by atoms with Crippen LogP contribution in [-0.4, -0.2) is 28.9 Å². The molecule has 0 bridgehead atoms. The molecule has 190 valence electrons. The molecule has 0 amide bonds. The van der Waals surface area contributed by atoms with Gasteiger partial charge in [-0.1, -0.05) is 6.07 Å². The summed E-state index contributed by atoms with van der Waals surface area (Å²) >= 11 is 0. The summed E-state index contributed by atoms with van der Waals surface area (Å²) in [7, 11) is -4.54. The number of hydrogen-bond donors (Lipinski definition) is 1. The molecule has 2 aromatic carbocycles. The maximum Gasteiger partial charge on any atom is 1.00 e. The summed E-state index contributed by atoms with van der Waals surface area (Å²) in [6, 6.07) is 8.64. The molecule has 0 saturated carbocycles. The maximum absolute atomic E-state index is 13.8. The molecule has 2 heterocycles. The first-order valence-corrected chi connectivity index (χ1v) is 11.6. The van der Waals surface area contributed by atoms with Crippen LogP contribution >= 0.6 is 0 Å². The van der Waals surface area contributed by atoms with E-state index in [1.165, 1.54) is 17.4 Å². The van der Waals surface area contributed by atoms with Gasteiger partial charge in [-0.2, -0.15) is 13.2 Å². The van der Waals surface area contributed by atoms with Crippen LogP contribution in [0.2, 0.25) is 0 Å². The van der Waals surface area contributed by atoms with Crippen molar-refractivity contribution in [1.82, 2.24) is 9.38 Å². The molecule has 0 spiro atoms. The molecule has 4 aromatic rings. The summed E-state index contributed by atoms with van der Waals surface area (Å²) in [5.74, 6) is -3.66. The molecule has 0 atom stereocenters. The Morgan fingerprint density at radius 1 is 1.08 bits per heavy atom. The maximum atomic E-state index is 13.8. The van der Waals surface area contributed by atoms with E-state index < -0.39 is 45.9 Å². The van der Waals surface area contributed by atoms with Gasteiger partial charge in [-0.3, -0.25) is 4.40 Å². The molecule has 0 aliphatic rings. The number of fused-ring (bicyclic) bond motifs is 1. The summed E-state index contributed by atoms with van der Waals surface area (Å²) in [5, 5.41) is 9.09. The Hall–Kier alpha value is -3.00. The first-order chi connectivity index (χ1) is 16.8. The summed E-state index contributed by atoms with van der Waals surface area (Å²) < 4.78 is 96.6. The predicted octanol–water partition coefficient (Wildman–Crippen LogP) is 2.15. The average Bonchev–Trinajstić information content (AvgIpc) is 3.13. The molecule has 0 radical (unpaired) electrons. The molecular formula is C23H17F5N3NaO4S. The van der Waals surface area contributed by atoms with Gasteiger partial charge in [0.2, 0.25) is 0 Å². The molecule has 0 aliphatic carbocycles. The first-order valence-electron chi connectivity index (χ1n) is 10.1. The number of aromatic nitrogens is 2. The Morgan fingerprint density at radius 3 is 2.32 bits per heavy atom. The Morgan fingerprint density at radius 2 is 1.73 bits per heavy atom. The van der Waals surface area contributed by atoms with Crippen LogP contribution in [0.15, 0.2) is 65.7 Å². The number of carbonyl (C=O) groups is 1. The SMILES string of the molecule is Cc1c(N(Cc2ccc(F)c(C(F)(F)F)c2)S(=O)(=O)c2ccc(C(=O)O)cc2)nc2ccc(F)cn12.[H-].[Na+]. The summed E-state index contributed by atoms with van der Waals surface area (Å²) in [6.45, 7) is 0.760. The van der Waals surface area contributed by atoms with E-state index in [2.05, 4.69) is 4.98 Å². The summed E-state index contributed by atoms with van der Waals surface area (Å²) in [5.41, 5.74) is -1.63. The van der Waals surface area contributed by atoms with Crippen molar-refractivity contribution in [2.75, 3.05) is 4.31 Å². The smallest absolute Gasteiger partial charge is 1.00 e. The van der Waals surface area contributed by atoms with E-state index in [4.69, 9.17) is 5.11 Å². The molecule has 0 fully saturated rings. The second-order valence-electron chi connectivity index (χ2n) is 7.75. The van der Waals surface area contributed by atoms with Crippen molar-refractivity contribution in [2.45, 2.75) is 24.5 Å². The van der Waals surface area contributed by atoms with Crippen LogP contribution in [0.4, 0.5) is 27.8 Å². The quantitative estimate of drug-likeness (QED) is 0.294. The van der Waals surface area contributed by atoms with Crippen molar-refractivity contribution >= 4 is 27.5 Å². The van der Waals surface area contributed by atoms with Crippen molar-refractivity contribution in [3.63, 3.8) is 0 Å². The molecular weight excluding hydrogens is 532 g/mol. The van der Waals surface area contributed by atoms with E-state index in [0.717, 1.165) is 42.6 Å². The number of benzene rings is 2. The number of anilines is 1. The number of halogens is 5. The van der Waals surface area contributed by atoms with E-state index in [-0.39, 0.29) is 64.2 Å². The van der Waals surface area contributed by atoms with Crippen LogP contribution in [0.1, 0.15) is 28.6 Å². The normalized spacial score (nSPS) is 11.8. The molecule has 1 N–H and O–H groups in total. The minimum Gasteiger partial charge on any atom is -1.00 e. The minimum atomic E-state index is -5.02. The van der Waals surface area contributed by atoms with Crippen molar-refractivity contribution < 1.29 is 71.3 Å². The number of rotatable bonds is 6. The van der Waals surface area contributed by atoms with Gasteiger partial charge in [0.15, 0.2) is 5.82 Å². The van der Waals surface area contributed by atoms with Gasteiger partial charge < -0.3 is 6.53 Å². The monoisotopic (exact) mass is 549 g/mol. The van der Waals surface area contributed by atoms with E-state index in [1.807, 2.05) is 0 Å². The van der Waals surface area contributed by atoms with Gasteiger partial charge in [0.05, 0.1) is 28.3 Å². The molecule has 7 nitrogen and oxygen atoms in total. The second kappa shape index (κ2) is 10.4. The predicted molar refractivity (Wildman–Crippen MR) is 119 cm³/mol. The van der Waals surface area contributed by atoms with Crippen molar-refractivity contribution in [1.29, 1.82) is 0 Å². The van der Waals surface area contributed by atoms with Gasteiger partial charge >= 0.3 is 41.7 Å². The Labute approximate surface area is 231 Å². The van der Waals surface area contributed by atoms with E-state index in [1.54, 1.807) is 0 Å². The standard InChI is InChI=1S/C23H16F5N3O4S.Na.H/c1-13-21(29-20-9-5-16(24)12-30(13)20)31(11-14-2-8-19(25)18(10-14)23(26,27)28)36(34,35)17-6-3-15(4-7-17)22(32)33;;/h2-10,12H,11H2,1H3,(H,32,33);;/q;+1;-1. The largest absolute Gasteiger partial charge is 1.00 e. The van der Waals surface area contributed by atoms with E-state index in [9.17, 15) is 35.2 Å². The molecule has 0 unspecified atom stereocenters. The van der Waals surface area contributed by atoms with Crippen LogP contribution in [0.5, 0.6) is 0 Å². The average molecular weight is 549 g/mol. The van der Waals surface area contributed by atoms with Gasteiger partial charge in [-0.05, 0) is 61.0 Å². The topological polar surface area (TPSA) is 92.0 Å². The fourth-order valence-electron chi connectivity index (χ4n) is 3.58. The van der Waals surface area contributed by atoms with Gasteiger partial charge in [-0.25, -0.2) is 31.3 Å². The Bertz CT molecular complexity index is 1600. The third-order valence-corrected chi connectivity index (χ3v) is 7.13. The van der Waals surface area contributed by atoms with Gasteiger partial charge in [0.25, 0.3) is 10.0 Å². The number of nitrogens with zero attached hydrogens (tertiary/aromatic N) is 3. The third kappa shape index (κ3) is 5.64. The van der Waals surface area contributed by atoms with Crippen molar-refractivity contribution in [3.05, 3.63) is 94.8 Å². The molecule has 2 aromatic heterocycles. The summed E-state index contributed by atoms with van der Waals surface area (Å²) in [6.07, 6.45) is -3.96. The van der Waals surface area contributed by atoms with Crippen molar-refractivity contribution in [2.24, 2.45) is 0 Å². The zero-order chi connectivity index (χ0) is 26.4. The number of alkyl halides is 3. The molecule has 4 rings (SSSR count). The molecule has 14 heteroatoms. The van der Waals surface area contributed by atoms with E-state index in [0.29, 0.717) is 16.4 Å². The number of carboxylic acid groups (broad SMARTS) is 1. The number of carboxylic acids is 1. The molecule has 37 heavy (non-hydrogen) atoms. The van der Waals surface area contributed by atoms with Crippen LogP contribution in [0.3, 0.4) is 0 Å². The zero-order valence-electron chi connectivity index (χ0n) is 20.3. The first kappa shape index (κ1) is 28.6. The molecule has 0 aliphatic heterocycles. The van der Waals surface area contributed by atoms with Gasteiger partial charge in [-0.15, -0.1) is 0 Å². The number of pyridine rings is 1. The minimum absolute atomic E-state index is 0. The second-order valence-corrected chi connectivity index (χ2v) is 9.61. The van der Waals surface area contributed by atoms with Crippen molar-refractivity contribution in [3.8, 4) is 0 Å². The van der Waals surface area contributed by atoms with Gasteiger partial charge in [0.1, 0.15) is 17.3 Å². The number of aryl methyl sites for hydroxylation is 1. The number of hydrogen-bond acceptors (Lipinski definition) is 4. The fourth-order valence-corrected chi connectivity index (χ4v) is 5.04. The van der Waals surface area contributed by atoms with Crippen LogP contribution < -0.4 is 33.9 Å². The number of imidazole rings is 1. The Balaban J connectivity index is 0.00000253. The fraction of sp³-hybridized carbons (Fsp3) is 0.130. The number of aromatic carboxylic acids is 1. The van der Waals surface area contributed by atoms with Gasteiger partial charge in [0, 0.05) is 6.20 Å². The van der Waals surface area contributed by atoms with Crippen LogP contribution in [0.25, 0.3) is 5.65 Å². The van der Waals surface area contributed by atoms with E-state index >= 15 is 0 Å². The molecule has 0 saturated heterocycles. The summed E-state index contributed by atoms with van der Waals surface area (Å²) in [4.78, 5) is 15.0. The Kier molecular flexibility index (Phi) is 8.03.